The predicted molar refractivity (Wildman–Crippen MR) is 96.4 cm³/mol. The zero-order chi connectivity index (χ0) is 19.1. The van der Waals surface area contributed by atoms with Crippen LogP contribution in [0.5, 0.6) is 5.75 Å². The van der Waals surface area contributed by atoms with Crippen LogP contribution >= 0.6 is 11.6 Å². The molecule has 0 atom stereocenters. The Labute approximate surface area is 156 Å². The second-order valence-electron chi connectivity index (χ2n) is 5.73. The van der Waals surface area contributed by atoms with Crippen LogP contribution in [0.25, 0.3) is 0 Å². The number of hydrogen-bond acceptors (Lipinski definition) is 5. The van der Waals surface area contributed by atoms with Gasteiger partial charge in [0.15, 0.2) is 0 Å². The van der Waals surface area contributed by atoms with Crippen molar-refractivity contribution in [2.24, 2.45) is 0 Å². The van der Waals surface area contributed by atoms with E-state index in [1.807, 2.05) is 0 Å². The predicted octanol–water partition coefficient (Wildman–Crippen LogP) is 2.02. The molecule has 3 amide bonds. The van der Waals surface area contributed by atoms with Gasteiger partial charge >= 0.3 is 17.9 Å². The molecule has 0 bridgehead atoms. The van der Waals surface area contributed by atoms with E-state index in [0.717, 1.165) is 0 Å². The van der Waals surface area contributed by atoms with Crippen LogP contribution in [-0.2, 0) is 14.3 Å². The van der Waals surface area contributed by atoms with E-state index in [-0.39, 0.29) is 12.1 Å². The number of hydrogen-bond donors (Lipinski definition) is 2. The number of piperidine rings is 1. The molecule has 8 nitrogen and oxygen atoms in total. The van der Waals surface area contributed by atoms with Gasteiger partial charge in [-0.2, -0.15) is 0 Å². The van der Waals surface area contributed by atoms with Crippen molar-refractivity contribution in [2.75, 3.05) is 32.1 Å². The Morgan fingerprint density at radius 1 is 1.23 bits per heavy atom. The molecule has 26 heavy (non-hydrogen) atoms. The molecule has 0 spiro atoms. The van der Waals surface area contributed by atoms with Crippen molar-refractivity contribution in [3.63, 3.8) is 0 Å². The highest BCUT2D eigenvalue weighted by Gasteiger charge is 2.26. The number of benzene rings is 1. The van der Waals surface area contributed by atoms with Gasteiger partial charge in [0, 0.05) is 24.2 Å². The fraction of sp³-hybridized carbons (Fsp3) is 0.471. The molecule has 142 valence electrons. The summed E-state index contributed by atoms with van der Waals surface area (Å²) in [5.41, 5.74) is 0.317. The lowest BCUT2D eigenvalue weighted by Crippen LogP contribution is -2.49. The molecule has 2 rings (SSSR count). The number of carbonyl (C=O) groups is 3. The number of methoxy groups -OCH3 is 1. The van der Waals surface area contributed by atoms with Gasteiger partial charge in [-0.3, -0.25) is 9.59 Å². The highest BCUT2D eigenvalue weighted by atomic mass is 35.5. The monoisotopic (exact) mass is 383 g/mol. The van der Waals surface area contributed by atoms with Gasteiger partial charge in [0.05, 0.1) is 19.4 Å². The minimum atomic E-state index is -0.807. The zero-order valence-electron chi connectivity index (χ0n) is 14.7. The third-order valence-electron chi connectivity index (χ3n) is 3.97. The molecule has 0 saturated carbocycles. The molecule has 0 unspecified atom stereocenters. The highest BCUT2D eigenvalue weighted by Crippen LogP contribution is 2.27. The summed E-state index contributed by atoms with van der Waals surface area (Å²) in [6.07, 6.45) is 0.750. The van der Waals surface area contributed by atoms with Crippen molar-refractivity contribution in [1.82, 2.24) is 10.2 Å². The van der Waals surface area contributed by atoms with E-state index in [4.69, 9.17) is 21.1 Å². The van der Waals surface area contributed by atoms with E-state index in [0.29, 0.717) is 49.0 Å². The summed E-state index contributed by atoms with van der Waals surface area (Å²) in [5.74, 6) is -1.15. The standard InChI is InChI=1S/C17H22ClN3O5/c1-3-26-17(24)21-8-6-12(7-9-21)19-15(22)16(23)20-13-10-11(18)4-5-14(13)25-2/h4-5,10,12H,3,6-9H2,1-2H3,(H,19,22)(H,20,23). The molecule has 1 saturated heterocycles. The molecule has 1 aromatic carbocycles. The van der Waals surface area contributed by atoms with Crippen molar-refractivity contribution in [3.05, 3.63) is 23.2 Å². The Balaban J connectivity index is 1.86. The normalized spacial score (nSPS) is 14.5. The van der Waals surface area contributed by atoms with E-state index < -0.39 is 11.8 Å². The number of carbonyl (C=O) groups excluding carboxylic acids is 3. The van der Waals surface area contributed by atoms with Gasteiger partial charge in [0.2, 0.25) is 0 Å². The Morgan fingerprint density at radius 2 is 1.92 bits per heavy atom. The summed E-state index contributed by atoms with van der Waals surface area (Å²) < 4.78 is 10.1. The highest BCUT2D eigenvalue weighted by molar-refractivity contribution is 6.40. The maximum atomic E-state index is 12.1. The number of amides is 3. The molecule has 1 heterocycles. The van der Waals surface area contributed by atoms with Crippen molar-refractivity contribution in [3.8, 4) is 5.75 Å². The molecule has 1 aromatic rings. The summed E-state index contributed by atoms with van der Waals surface area (Å²) in [6, 6.07) is 4.54. The van der Waals surface area contributed by atoms with Crippen LogP contribution in [0, 0.1) is 0 Å². The molecule has 1 aliphatic rings. The van der Waals surface area contributed by atoms with Crippen molar-refractivity contribution in [1.29, 1.82) is 0 Å². The van der Waals surface area contributed by atoms with E-state index in [9.17, 15) is 14.4 Å². The SMILES string of the molecule is CCOC(=O)N1CCC(NC(=O)C(=O)Nc2cc(Cl)ccc2OC)CC1. The molecule has 0 aliphatic carbocycles. The quantitative estimate of drug-likeness (QED) is 0.775. The van der Waals surface area contributed by atoms with Crippen molar-refractivity contribution in [2.45, 2.75) is 25.8 Å². The summed E-state index contributed by atoms with van der Waals surface area (Å²) >= 11 is 5.90. The first-order valence-electron chi connectivity index (χ1n) is 8.31. The number of nitrogens with zero attached hydrogens (tertiary/aromatic N) is 1. The van der Waals surface area contributed by atoms with Crippen LogP contribution in [0.4, 0.5) is 10.5 Å². The minimum absolute atomic E-state index is 0.180. The van der Waals surface area contributed by atoms with Crippen LogP contribution in [0.2, 0.25) is 5.02 Å². The van der Waals surface area contributed by atoms with Crippen LogP contribution in [0.3, 0.4) is 0 Å². The topological polar surface area (TPSA) is 97.0 Å². The Bertz CT molecular complexity index is 674. The average Bonchev–Trinajstić information content (AvgIpc) is 2.62. The Hall–Kier alpha value is -2.48. The molecule has 1 aliphatic heterocycles. The average molecular weight is 384 g/mol. The smallest absolute Gasteiger partial charge is 0.409 e. The van der Waals surface area contributed by atoms with Gasteiger partial charge in [-0.1, -0.05) is 11.6 Å². The van der Waals surface area contributed by atoms with Crippen molar-refractivity contribution >= 4 is 35.2 Å². The molecule has 9 heteroatoms. The van der Waals surface area contributed by atoms with Crippen LogP contribution < -0.4 is 15.4 Å². The van der Waals surface area contributed by atoms with Gasteiger partial charge in [0.1, 0.15) is 5.75 Å². The summed E-state index contributed by atoms with van der Waals surface area (Å²) in [4.78, 5) is 37.5. The third kappa shape index (κ3) is 5.26. The lowest BCUT2D eigenvalue weighted by Gasteiger charge is -2.31. The number of rotatable bonds is 4. The number of anilines is 1. The summed E-state index contributed by atoms with van der Waals surface area (Å²) in [6.45, 7) is 3.00. The number of halogens is 1. The zero-order valence-corrected chi connectivity index (χ0v) is 15.5. The molecular formula is C17H22ClN3O5. The van der Waals surface area contributed by atoms with E-state index in [1.165, 1.54) is 13.2 Å². The van der Waals surface area contributed by atoms with Crippen LogP contribution in [0.15, 0.2) is 18.2 Å². The maximum Gasteiger partial charge on any atom is 0.409 e. The molecule has 0 aromatic heterocycles. The fourth-order valence-electron chi connectivity index (χ4n) is 2.63. The van der Waals surface area contributed by atoms with Gasteiger partial charge in [-0.15, -0.1) is 0 Å². The molecule has 0 radical (unpaired) electrons. The first-order chi connectivity index (χ1) is 12.4. The van der Waals surface area contributed by atoms with E-state index >= 15 is 0 Å². The summed E-state index contributed by atoms with van der Waals surface area (Å²) in [5, 5.41) is 5.58. The van der Waals surface area contributed by atoms with E-state index in [2.05, 4.69) is 10.6 Å². The maximum absolute atomic E-state index is 12.1. The Morgan fingerprint density at radius 3 is 2.54 bits per heavy atom. The van der Waals surface area contributed by atoms with E-state index in [1.54, 1.807) is 24.0 Å². The minimum Gasteiger partial charge on any atom is -0.495 e. The fourth-order valence-corrected chi connectivity index (χ4v) is 2.80. The Kier molecular flexibility index (Phi) is 7.08. The first kappa shape index (κ1) is 19.8. The van der Waals surface area contributed by atoms with Crippen LogP contribution in [-0.4, -0.2) is 55.7 Å². The number of likely N-dealkylation sites (tertiary alicyclic amines) is 1. The van der Waals surface area contributed by atoms with Gasteiger partial charge in [-0.25, -0.2) is 4.79 Å². The third-order valence-corrected chi connectivity index (χ3v) is 4.21. The van der Waals surface area contributed by atoms with Gasteiger partial charge in [0.25, 0.3) is 0 Å². The summed E-state index contributed by atoms with van der Waals surface area (Å²) in [7, 11) is 1.45. The lowest BCUT2D eigenvalue weighted by molar-refractivity contribution is -0.136. The van der Waals surface area contributed by atoms with Gasteiger partial charge in [-0.05, 0) is 38.0 Å². The van der Waals surface area contributed by atoms with Crippen LogP contribution in [0.1, 0.15) is 19.8 Å². The largest absolute Gasteiger partial charge is 0.495 e. The lowest BCUT2D eigenvalue weighted by atomic mass is 10.1. The van der Waals surface area contributed by atoms with Crippen molar-refractivity contribution < 1.29 is 23.9 Å². The number of nitrogens with one attached hydrogen (secondary N) is 2. The second kappa shape index (κ2) is 9.28. The number of ether oxygens (including phenoxy) is 2. The second-order valence-corrected chi connectivity index (χ2v) is 6.17. The molecule has 1 fully saturated rings. The molecular weight excluding hydrogens is 362 g/mol. The van der Waals surface area contributed by atoms with Gasteiger partial charge < -0.3 is 25.0 Å². The molecule has 2 N–H and O–H groups in total. The first-order valence-corrected chi connectivity index (χ1v) is 8.69.